The number of amides is 1. The van der Waals surface area contributed by atoms with Crippen molar-refractivity contribution in [3.63, 3.8) is 0 Å². The van der Waals surface area contributed by atoms with Crippen LogP contribution >= 0.6 is 11.3 Å². The van der Waals surface area contributed by atoms with Crippen LogP contribution in [0.5, 0.6) is 5.75 Å². The summed E-state index contributed by atoms with van der Waals surface area (Å²) in [6.07, 6.45) is 1.34. The summed E-state index contributed by atoms with van der Waals surface area (Å²) < 4.78 is 69.1. The molecule has 2 aromatic carbocycles. The third-order valence-corrected chi connectivity index (χ3v) is 12.6. The van der Waals surface area contributed by atoms with Crippen molar-refractivity contribution in [1.29, 1.82) is 0 Å². The number of ether oxygens (including phenoxy) is 2. The van der Waals surface area contributed by atoms with Crippen molar-refractivity contribution in [1.82, 2.24) is 9.21 Å². The standard InChI is InChI=1S/C32H43N3O8S3/c1-23-20-35(24(2)22-36)32(37)28-19-26(33-45(38,39)31-14-10-18-44-31)15-16-29(28)43-25(3)11-8-9-17-42-30(23)21-34(4)46(40,41)27-12-6-5-7-13-27/h5-7,10,12-16,18-19,23-25,30,33,36H,8-9,11,17,20-22H2,1-4H3/t23-,24-,25-,30+/m1/s1. The van der Waals surface area contributed by atoms with Crippen molar-refractivity contribution in [3.05, 3.63) is 71.6 Å². The maximum atomic E-state index is 14.3. The van der Waals surface area contributed by atoms with Crippen molar-refractivity contribution >= 4 is 43.0 Å². The van der Waals surface area contributed by atoms with Crippen molar-refractivity contribution < 1.29 is 36.2 Å². The summed E-state index contributed by atoms with van der Waals surface area (Å²) in [4.78, 5) is 16.0. The quantitative estimate of drug-likeness (QED) is 0.330. The Morgan fingerprint density at radius 2 is 1.80 bits per heavy atom. The number of rotatable bonds is 9. The topological polar surface area (TPSA) is 143 Å². The number of aliphatic hydroxyl groups is 1. The smallest absolute Gasteiger partial charge is 0.271 e. The molecule has 1 aliphatic rings. The number of anilines is 1. The highest BCUT2D eigenvalue weighted by molar-refractivity contribution is 7.94. The van der Waals surface area contributed by atoms with Crippen LogP contribution in [0.3, 0.4) is 0 Å². The molecule has 14 heteroatoms. The number of carbonyl (C=O) groups excluding carboxylic acids is 1. The fourth-order valence-electron chi connectivity index (χ4n) is 5.19. The van der Waals surface area contributed by atoms with Gasteiger partial charge in [0.2, 0.25) is 10.0 Å². The van der Waals surface area contributed by atoms with Gasteiger partial charge in [0.25, 0.3) is 15.9 Å². The molecule has 2 N–H and O–H groups in total. The minimum Gasteiger partial charge on any atom is -0.490 e. The Hall–Kier alpha value is -3.01. The number of likely N-dealkylation sites (N-methyl/N-ethyl adjacent to an activating group) is 1. The summed E-state index contributed by atoms with van der Waals surface area (Å²) in [5, 5.41) is 11.8. The largest absolute Gasteiger partial charge is 0.490 e. The number of aliphatic hydroxyl groups excluding tert-OH is 1. The number of nitrogens with zero attached hydrogens (tertiary/aromatic N) is 2. The molecule has 0 saturated carbocycles. The summed E-state index contributed by atoms with van der Waals surface area (Å²) in [5.41, 5.74) is 0.334. The molecule has 11 nitrogen and oxygen atoms in total. The molecule has 2 heterocycles. The summed E-state index contributed by atoms with van der Waals surface area (Å²) in [6, 6.07) is 15.3. The fraction of sp³-hybridized carbons (Fsp3) is 0.469. The number of sulfonamides is 2. The molecule has 1 aliphatic heterocycles. The molecular weight excluding hydrogens is 651 g/mol. The molecule has 0 saturated heterocycles. The number of carbonyl (C=O) groups is 1. The van der Waals surface area contributed by atoms with Crippen molar-refractivity contribution in [2.24, 2.45) is 5.92 Å². The van der Waals surface area contributed by atoms with Crippen LogP contribution in [0.2, 0.25) is 0 Å². The normalized spacial score (nSPS) is 21.2. The van der Waals surface area contributed by atoms with E-state index < -0.39 is 38.1 Å². The van der Waals surface area contributed by atoms with Crippen molar-refractivity contribution in [3.8, 4) is 5.75 Å². The van der Waals surface area contributed by atoms with Gasteiger partial charge in [0.15, 0.2) is 0 Å². The highest BCUT2D eigenvalue weighted by Gasteiger charge is 2.32. The van der Waals surface area contributed by atoms with E-state index in [9.17, 15) is 26.7 Å². The van der Waals surface area contributed by atoms with Crippen LogP contribution in [-0.2, 0) is 24.8 Å². The number of hydrogen-bond donors (Lipinski definition) is 2. The van der Waals surface area contributed by atoms with Gasteiger partial charge in [-0.1, -0.05) is 31.2 Å². The van der Waals surface area contributed by atoms with E-state index in [2.05, 4.69) is 4.72 Å². The molecule has 0 radical (unpaired) electrons. The Balaban J connectivity index is 1.67. The van der Waals surface area contributed by atoms with E-state index >= 15 is 0 Å². The van der Waals surface area contributed by atoms with Crippen LogP contribution in [0.25, 0.3) is 0 Å². The zero-order chi connectivity index (χ0) is 33.5. The summed E-state index contributed by atoms with van der Waals surface area (Å²) in [5.74, 6) is -0.509. The highest BCUT2D eigenvalue weighted by atomic mass is 32.2. The molecule has 0 aliphatic carbocycles. The lowest BCUT2D eigenvalue weighted by Crippen LogP contribution is -2.48. The third kappa shape index (κ3) is 8.87. The minimum absolute atomic E-state index is 0.0542. The van der Waals surface area contributed by atoms with Crippen LogP contribution < -0.4 is 9.46 Å². The maximum absolute atomic E-state index is 14.3. The first-order valence-electron chi connectivity index (χ1n) is 15.2. The highest BCUT2D eigenvalue weighted by Crippen LogP contribution is 2.30. The molecule has 1 aromatic heterocycles. The lowest BCUT2D eigenvalue weighted by molar-refractivity contribution is -0.00833. The van der Waals surface area contributed by atoms with Gasteiger partial charge >= 0.3 is 0 Å². The zero-order valence-electron chi connectivity index (χ0n) is 26.5. The van der Waals surface area contributed by atoms with E-state index in [0.717, 1.165) is 24.2 Å². The predicted octanol–water partition coefficient (Wildman–Crippen LogP) is 4.67. The van der Waals surface area contributed by atoms with Gasteiger partial charge < -0.3 is 19.5 Å². The molecule has 46 heavy (non-hydrogen) atoms. The first kappa shape index (κ1) is 35.8. The first-order chi connectivity index (χ1) is 21.8. The van der Waals surface area contributed by atoms with Gasteiger partial charge in [0, 0.05) is 38.3 Å². The number of benzene rings is 2. The molecule has 1 amide bonds. The number of fused-ring (bicyclic) bond motifs is 1. The molecular formula is C32H43N3O8S3. The molecule has 252 valence electrons. The van der Waals surface area contributed by atoms with Gasteiger partial charge in [-0.3, -0.25) is 9.52 Å². The van der Waals surface area contributed by atoms with Gasteiger partial charge in [-0.05, 0) is 74.9 Å². The minimum atomic E-state index is -3.88. The number of hydrogen-bond acceptors (Lipinski definition) is 9. The Bertz CT molecular complexity index is 1650. The van der Waals surface area contributed by atoms with Gasteiger partial charge in [-0.25, -0.2) is 16.8 Å². The van der Waals surface area contributed by atoms with Gasteiger partial charge in [-0.15, -0.1) is 11.3 Å². The Labute approximate surface area is 276 Å². The molecule has 0 unspecified atom stereocenters. The van der Waals surface area contributed by atoms with Crippen LogP contribution in [0.4, 0.5) is 5.69 Å². The zero-order valence-corrected chi connectivity index (χ0v) is 29.0. The second-order valence-electron chi connectivity index (χ2n) is 11.6. The van der Waals surface area contributed by atoms with Crippen LogP contribution in [0, 0.1) is 5.92 Å². The van der Waals surface area contributed by atoms with E-state index in [4.69, 9.17) is 9.47 Å². The molecule has 0 bridgehead atoms. The Morgan fingerprint density at radius 3 is 2.48 bits per heavy atom. The molecule has 0 fully saturated rings. The van der Waals surface area contributed by atoms with E-state index in [1.807, 2.05) is 13.8 Å². The molecule has 0 spiro atoms. The average Bonchev–Trinajstić information content (AvgIpc) is 3.59. The van der Waals surface area contributed by atoms with Crippen molar-refractivity contribution in [2.75, 3.05) is 38.1 Å². The van der Waals surface area contributed by atoms with Gasteiger partial charge in [-0.2, -0.15) is 4.31 Å². The number of nitrogens with one attached hydrogen (secondary N) is 1. The first-order valence-corrected chi connectivity index (χ1v) is 19.1. The number of thiophene rings is 1. The van der Waals surface area contributed by atoms with E-state index in [1.165, 1.54) is 28.4 Å². The lowest BCUT2D eigenvalue weighted by Gasteiger charge is -2.35. The van der Waals surface area contributed by atoms with Crippen LogP contribution in [0.1, 0.15) is 50.4 Å². The predicted molar refractivity (Wildman–Crippen MR) is 178 cm³/mol. The molecule has 4 rings (SSSR count). The monoisotopic (exact) mass is 693 g/mol. The third-order valence-electron chi connectivity index (χ3n) is 7.95. The molecule has 3 aromatic rings. The summed E-state index contributed by atoms with van der Waals surface area (Å²) in [6.45, 7) is 5.75. The Morgan fingerprint density at radius 1 is 1.07 bits per heavy atom. The second-order valence-corrected chi connectivity index (χ2v) is 16.5. The maximum Gasteiger partial charge on any atom is 0.271 e. The summed E-state index contributed by atoms with van der Waals surface area (Å²) in [7, 11) is -6.16. The summed E-state index contributed by atoms with van der Waals surface area (Å²) >= 11 is 1.08. The van der Waals surface area contributed by atoms with E-state index in [0.29, 0.717) is 18.8 Å². The SMILES string of the molecule is C[C@@H]1CCCCO[C@@H](CN(C)S(=O)(=O)c2ccccc2)[C@H](C)CN([C@H](C)CO)C(=O)c2cc(NS(=O)(=O)c3cccs3)ccc2O1. The van der Waals surface area contributed by atoms with Crippen LogP contribution in [-0.4, -0.2) is 88.7 Å². The van der Waals surface area contributed by atoms with Crippen molar-refractivity contribution in [2.45, 2.75) is 67.4 Å². The van der Waals surface area contributed by atoms with Gasteiger partial charge in [0.1, 0.15) is 9.96 Å². The van der Waals surface area contributed by atoms with Crippen LogP contribution in [0.15, 0.2) is 75.1 Å². The van der Waals surface area contributed by atoms with E-state index in [1.54, 1.807) is 60.8 Å². The lowest BCUT2D eigenvalue weighted by atomic mass is 10.0. The second kappa shape index (κ2) is 15.7. The Kier molecular flexibility index (Phi) is 12.2. The van der Waals surface area contributed by atoms with Gasteiger partial charge in [0.05, 0.1) is 35.3 Å². The fourth-order valence-corrected chi connectivity index (χ4v) is 8.44. The van der Waals surface area contributed by atoms with E-state index in [-0.39, 0.29) is 52.1 Å². The molecule has 4 atom stereocenters. The average molecular weight is 694 g/mol.